The molecule has 12 heavy (non-hydrogen) atoms. The van der Waals surface area contributed by atoms with E-state index in [1.165, 1.54) is 0 Å². The molecule has 1 aromatic heterocycles. The number of nitrogens with zero attached hydrogens (tertiary/aromatic N) is 1. The molecule has 0 amide bonds. The van der Waals surface area contributed by atoms with Gasteiger partial charge in [-0.15, -0.1) is 0 Å². The molecule has 3 nitrogen and oxygen atoms in total. The fraction of sp³-hybridized carbons (Fsp3) is 0.444. The second-order valence-electron chi connectivity index (χ2n) is 2.49. The van der Waals surface area contributed by atoms with Gasteiger partial charge in [0.05, 0.1) is 18.9 Å². The molecule has 0 saturated carbocycles. The molecular weight excluding hydrogens is 154 g/mol. The molecule has 1 heterocycles. The van der Waals surface area contributed by atoms with Crippen molar-refractivity contribution in [3.8, 4) is 5.75 Å². The highest BCUT2D eigenvalue weighted by Crippen LogP contribution is 2.10. The Balaban J connectivity index is 2.60. The van der Waals surface area contributed by atoms with Gasteiger partial charge in [0.2, 0.25) is 0 Å². The lowest BCUT2D eigenvalue weighted by Gasteiger charge is -2.04. The molecule has 0 aliphatic carbocycles. The third-order valence-electron chi connectivity index (χ3n) is 1.42. The maximum absolute atomic E-state index is 8.77. The number of aromatic nitrogens is 1. The molecule has 0 aliphatic heterocycles. The van der Waals surface area contributed by atoms with Gasteiger partial charge in [-0.1, -0.05) is 6.92 Å². The van der Waals surface area contributed by atoms with Crippen LogP contribution in [0.2, 0.25) is 0 Å². The molecule has 0 aliphatic rings. The van der Waals surface area contributed by atoms with Gasteiger partial charge in [-0.25, -0.2) is 0 Å². The molecule has 0 spiro atoms. The summed E-state index contributed by atoms with van der Waals surface area (Å²) in [7, 11) is 0. The number of hydrogen-bond donors (Lipinski definition) is 1. The van der Waals surface area contributed by atoms with Crippen LogP contribution in [-0.2, 0) is 6.61 Å². The van der Waals surface area contributed by atoms with Crippen molar-refractivity contribution in [3.05, 3.63) is 24.0 Å². The number of aliphatic hydroxyl groups is 1. The van der Waals surface area contributed by atoms with Crippen molar-refractivity contribution in [2.24, 2.45) is 0 Å². The second-order valence-corrected chi connectivity index (χ2v) is 2.49. The summed E-state index contributed by atoms with van der Waals surface area (Å²) < 4.78 is 5.35. The summed E-state index contributed by atoms with van der Waals surface area (Å²) in [6.45, 7) is 2.71. The van der Waals surface area contributed by atoms with Crippen molar-refractivity contribution in [1.82, 2.24) is 4.98 Å². The van der Waals surface area contributed by atoms with E-state index in [1.54, 1.807) is 18.3 Å². The van der Waals surface area contributed by atoms with Crippen LogP contribution in [0.4, 0.5) is 0 Å². The van der Waals surface area contributed by atoms with Gasteiger partial charge in [-0.2, -0.15) is 0 Å². The van der Waals surface area contributed by atoms with E-state index in [2.05, 4.69) is 4.98 Å². The Morgan fingerprint density at radius 1 is 1.58 bits per heavy atom. The third-order valence-corrected chi connectivity index (χ3v) is 1.42. The van der Waals surface area contributed by atoms with Crippen LogP contribution in [0.3, 0.4) is 0 Å². The lowest BCUT2D eigenvalue weighted by atomic mass is 10.3. The first-order valence-electron chi connectivity index (χ1n) is 4.05. The van der Waals surface area contributed by atoms with E-state index >= 15 is 0 Å². The third kappa shape index (κ3) is 2.51. The van der Waals surface area contributed by atoms with Crippen LogP contribution in [0.5, 0.6) is 5.75 Å². The smallest absolute Gasteiger partial charge is 0.122 e. The lowest BCUT2D eigenvalue weighted by molar-refractivity contribution is 0.274. The van der Waals surface area contributed by atoms with Crippen molar-refractivity contribution < 1.29 is 9.84 Å². The van der Waals surface area contributed by atoms with Crippen molar-refractivity contribution in [2.45, 2.75) is 20.0 Å². The number of pyridine rings is 1. The molecule has 0 fully saturated rings. The number of aliphatic hydroxyl groups excluding tert-OH is 1. The molecule has 0 unspecified atom stereocenters. The van der Waals surface area contributed by atoms with Crippen LogP contribution < -0.4 is 4.74 Å². The number of rotatable bonds is 4. The van der Waals surface area contributed by atoms with Gasteiger partial charge >= 0.3 is 0 Å². The Morgan fingerprint density at radius 3 is 3.08 bits per heavy atom. The van der Waals surface area contributed by atoms with Crippen molar-refractivity contribution in [2.75, 3.05) is 6.61 Å². The summed E-state index contributed by atoms with van der Waals surface area (Å²) in [5.74, 6) is 0.774. The Hall–Kier alpha value is -1.09. The highest BCUT2D eigenvalue weighted by atomic mass is 16.5. The fourth-order valence-corrected chi connectivity index (χ4v) is 0.852. The molecule has 0 aromatic carbocycles. The average Bonchev–Trinajstić information content (AvgIpc) is 2.15. The van der Waals surface area contributed by atoms with Crippen LogP contribution in [0.25, 0.3) is 0 Å². The van der Waals surface area contributed by atoms with Gasteiger partial charge in [0.1, 0.15) is 5.75 Å². The Labute approximate surface area is 72.0 Å². The fourth-order valence-electron chi connectivity index (χ4n) is 0.852. The lowest BCUT2D eigenvalue weighted by Crippen LogP contribution is -1.96. The zero-order chi connectivity index (χ0) is 8.81. The first-order valence-corrected chi connectivity index (χ1v) is 4.05. The van der Waals surface area contributed by atoms with E-state index in [-0.39, 0.29) is 6.61 Å². The first-order chi connectivity index (χ1) is 5.86. The topological polar surface area (TPSA) is 42.4 Å². The highest BCUT2D eigenvalue weighted by molar-refractivity contribution is 5.22. The second kappa shape index (κ2) is 4.72. The number of hydrogen-bond acceptors (Lipinski definition) is 3. The monoisotopic (exact) mass is 167 g/mol. The van der Waals surface area contributed by atoms with Gasteiger partial charge in [0, 0.05) is 12.3 Å². The van der Waals surface area contributed by atoms with E-state index in [4.69, 9.17) is 9.84 Å². The summed E-state index contributed by atoms with van der Waals surface area (Å²) in [5, 5.41) is 8.77. The highest BCUT2D eigenvalue weighted by Gasteiger charge is 1.95. The predicted octanol–water partition coefficient (Wildman–Crippen LogP) is 1.36. The minimum atomic E-state index is -0.0384. The van der Waals surface area contributed by atoms with E-state index in [0.29, 0.717) is 12.3 Å². The van der Waals surface area contributed by atoms with Crippen molar-refractivity contribution in [1.29, 1.82) is 0 Å². The molecular formula is C9H13NO2. The molecule has 0 saturated heterocycles. The molecule has 66 valence electrons. The van der Waals surface area contributed by atoms with Crippen molar-refractivity contribution in [3.63, 3.8) is 0 Å². The van der Waals surface area contributed by atoms with Crippen molar-refractivity contribution >= 4 is 0 Å². The maximum atomic E-state index is 8.77. The zero-order valence-corrected chi connectivity index (χ0v) is 7.16. The molecule has 1 aromatic rings. The Kier molecular flexibility index (Phi) is 3.54. The number of ether oxygens (including phenoxy) is 1. The van der Waals surface area contributed by atoms with Crippen LogP contribution in [0, 0.1) is 0 Å². The minimum absolute atomic E-state index is 0.0384. The SMILES string of the molecule is CCCOc1ccnc(CO)c1. The standard InChI is InChI=1S/C9H13NO2/c1-2-5-12-9-3-4-10-8(6-9)7-11/h3-4,6,11H,2,5,7H2,1H3. The molecule has 1 N–H and O–H groups in total. The van der Waals surface area contributed by atoms with Crippen LogP contribution >= 0.6 is 0 Å². The maximum Gasteiger partial charge on any atom is 0.122 e. The van der Waals surface area contributed by atoms with Crippen LogP contribution in [0.1, 0.15) is 19.0 Å². The summed E-state index contributed by atoms with van der Waals surface area (Å²) in [6, 6.07) is 3.53. The minimum Gasteiger partial charge on any atom is -0.493 e. The van der Waals surface area contributed by atoms with E-state index in [1.807, 2.05) is 6.92 Å². The van der Waals surface area contributed by atoms with Gasteiger partial charge in [-0.05, 0) is 12.5 Å². The molecule has 1 rings (SSSR count). The normalized spacial score (nSPS) is 9.83. The molecule has 0 bridgehead atoms. The van der Waals surface area contributed by atoms with Gasteiger partial charge < -0.3 is 9.84 Å². The summed E-state index contributed by atoms with van der Waals surface area (Å²) in [5.41, 5.74) is 0.642. The van der Waals surface area contributed by atoms with Crippen LogP contribution in [0.15, 0.2) is 18.3 Å². The molecule has 0 atom stereocenters. The van der Waals surface area contributed by atoms with Gasteiger partial charge in [0.25, 0.3) is 0 Å². The van der Waals surface area contributed by atoms with E-state index < -0.39 is 0 Å². The summed E-state index contributed by atoms with van der Waals surface area (Å²) in [6.07, 6.45) is 2.62. The largest absolute Gasteiger partial charge is 0.493 e. The first kappa shape index (κ1) is 9.00. The predicted molar refractivity (Wildman–Crippen MR) is 45.9 cm³/mol. The van der Waals surface area contributed by atoms with Crippen LogP contribution in [-0.4, -0.2) is 16.7 Å². The molecule has 3 heteroatoms. The molecule has 0 radical (unpaired) electrons. The summed E-state index contributed by atoms with van der Waals surface area (Å²) in [4.78, 5) is 3.94. The van der Waals surface area contributed by atoms with E-state index in [0.717, 1.165) is 12.2 Å². The van der Waals surface area contributed by atoms with Gasteiger partial charge in [0.15, 0.2) is 0 Å². The Morgan fingerprint density at radius 2 is 2.42 bits per heavy atom. The van der Waals surface area contributed by atoms with E-state index in [9.17, 15) is 0 Å². The zero-order valence-electron chi connectivity index (χ0n) is 7.16. The van der Waals surface area contributed by atoms with Gasteiger partial charge in [-0.3, -0.25) is 4.98 Å². The average molecular weight is 167 g/mol. The Bertz CT molecular complexity index is 238. The quantitative estimate of drug-likeness (QED) is 0.736. The summed E-state index contributed by atoms with van der Waals surface area (Å²) >= 11 is 0.